The largest absolute Gasteiger partial charge is 0.482 e. The maximum absolute atomic E-state index is 12.0. The molecule has 3 aromatic rings. The van der Waals surface area contributed by atoms with Crippen molar-refractivity contribution < 1.29 is 14.3 Å². The van der Waals surface area contributed by atoms with Gasteiger partial charge in [-0.2, -0.15) is 0 Å². The molecule has 0 aliphatic carbocycles. The van der Waals surface area contributed by atoms with Gasteiger partial charge >= 0.3 is 0 Å². The van der Waals surface area contributed by atoms with Gasteiger partial charge in [0, 0.05) is 15.7 Å². The van der Waals surface area contributed by atoms with Gasteiger partial charge in [0.2, 0.25) is 0 Å². The zero-order valence-corrected chi connectivity index (χ0v) is 16.2. The molecule has 0 atom stereocenters. The van der Waals surface area contributed by atoms with Crippen LogP contribution in [0, 0.1) is 0 Å². The first kappa shape index (κ1) is 19.4. The van der Waals surface area contributed by atoms with Crippen LogP contribution in [0.3, 0.4) is 0 Å². The smallest absolute Gasteiger partial charge is 0.262 e. The van der Waals surface area contributed by atoms with Gasteiger partial charge in [-0.25, -0.2) is 0 Å². The number of benzene rings is 3. The van der Waals surface area contributed by atoms with Crippen LogP contribution in [0.1, 0.15) is 0 Å². The van der Waals surface area contributed by atoms with Gasteiger partial charge in [0.1, 0.15) is 17.2 Å². The number of carbonyl (C=O) groups excluding carboxylic acids is 1. The number of amides is 1. The van der Waals surface area contributed by atoms with Gasteiger partial charge in [-0.1, -0.05) is 34.8 Å². The maximum Gasteiger partial charge on any atom is 0.262 e. The summed E-state index contributed by atoms with van der Waals surface area (Å²) in [4.78, 5) is 12.0. The molecule has 7 heteroatoms. The number of anilines is 1. The normalized spacial score (nSPS) is 10.3. The highest BCUT2D eigenvalue weighted by molar-refractivity contribution is 6.35. The molecule has 1 N–H and O–H groups in total. The lowest BCUT2D eigenvalue weighted by Crippen LogP contribution is -2.20. The molecular weight excluding hydrogens is 409 g/mol. The van der Waals surface area contributed by atoms with Crippen LogP contribution in [0.2, 0.25) is 15.1 Å². The highest BCUT2D eigenvalue weighted by Crippen LogP contribution is 2.27. The average molecular weight is 423 g/mol. The molecule has 0 heterocycles. The van der Waals surface area contributed by atoms with Gasteiger partial charge < -0.3 is 14.8 Å². The van der Waals surface area contributed by atoms with E-state index >= 15 is 0 Å². The van der Waals surface area contributed by atoms with Gasteiger partial charge in [-0.3, -0.25) is 4.79 Å². The summed E-state index contributed by atoms with van der Waals surface area (Å²) in [7, 11) is 0. The first-order valence-electron chi connectivity index (χ1n) is 7.91. The molecule has 0 aliphatic heterocycles. The molecule has 0 saturated carbocycles. The van der Waals surface area contributed by atoms with Crippen LogP contribution in [0.15, 0.2) is 66.7 Å². The molecule has 4 nitrogen and oxygen atoms in total. The second-order valence-electron chi connectivity index (χ2n) is 5.49. The summed E-state index contributed by atoms with van der Waals surface area (Å²) in [5.41, 5.74) is 0.620. The van der Waals surface area contributed by atoms with E-state index in [0.29, 0.717) is 38.0 Å². The molecule has 3 aromatic carbocycles. The summed E-state index contributed by atoms with van der Waals surface area (Å²) in [6, 6.07) is 18.8. The van der Waals surface area contributed by atoms with E-state index in [1.807, 2.05) is 0 Å². The SMILES string of the molecule is O=C(COc1ccc(Cl)cc1Cl)Nc1ccc(Oc2ccc(Cl)cc2)cc1. The quantitative estimate of drug-likeness (QED) is 0.496. The molecule has 0 unspecified atom stereocenters. The zero-order valence-electron chi connectivity index (χ0n) is 13.9. The fourth-order valence-electron chi connectivity index (χ4n) is 2.18. The van der Waals surface area contributed by atoms with Crippen LogP contribution >= 0.6 is 34.8 Å². The van der Waals surface area contributed by atoms with Crippen molar-refractivity contribution in [1.29, 1.82) is 0 Å². The Bertz CT molecular complexity index is 928. The fourth-order valence-corrected chi connectivity index (χ4v) is 2.77. The van der Waals surface area contributed by atoms with Crippen molar-refractivity contribution in [1.82, 2.24) is 0 Å². The van der Waals surface area contributed by atoms with Gasteiger partial charge in [-0.15, -0.1) is 0 Å². The van der Waals surface area contributed by atoms with Crippen molar-refractivity contribution in [3.8, 4) is 17.2 Å². The van der Waals surface area contributed by atoms with Crippen molar-refractivity contribution in [3.05, 3.63) is 81.8 Å². The van der Waals surface area contributed by atoms with Crippen molar-refractivity contribution >= 4 is 46.4 Å². The third kappa shape index (κ3) is 5.79. The molecule has 0 spiro atoms. The van der Waals surface area contributed by atoms with Gasteiger partial charge in [0.05, 0.1) is 5.02 Å². The summed E-state index contributed by atoms with van der Waals surface area (Å²) in [6.07, 6.45) is 0. The minimum Gasteiger partial charge on any atom is -0.482 e. The number of carbonyl (C=O) groups is 1. The van der Waals surface area contributed by atoms with E-state index < -0.39 is 0 Å². The number of ether oxygens (including phenoxy) is 2. The second kappa shape index (κ2) is 9.00. The highest BCUT2D eigenvalue weighted by atomic mass is 35.5. The van der Waals surface area contributed by atoms with Gasteiger partial charge in [0.15, 0.2) is 6.61 Å². The van der Waals surface area contributed by atoms with Crippen molar-refractivity contribution in [3.63, 3.8) is 0 Å². The first-order valence-corrected chi connectivity index (χ1v) is 9.04. The number of rotatable bonds is 6. The molecule has 0 fully saturated rings. The fraction of sp³-hybridized carbons (Fsp3) is 0.0500. The number of hydrogen-bond acceptors (Lipinski definition) is 3. The van der Waals surface area contributed by atoms with E-state index in [1.165, 1.54) is 0 Å². The monoisotopic (exact) mass is 421 g/mol. The van der Waals surface area contributed by atoms with Crippen LogP contribution in [0.4, 0.5) is 5.69 Å². The molecule has 0 saturated heterocycles. The van der Waals surface area contributed by atoms with Crippen LogP contribution in [-0.2, 0) is 4.79 Å². The van der Waals surface area contributed by atoms with Gasteiger partial charge in [-0.05, 0) is 66.7 Å². The first-order chi connectivity index (χ1) is 13.0. The van der Waals surface area contributed by atoms with Crippen LogP contribution in [0.5, 0.6) is 17.2 Å². The predicted molar refractivity (Wildman–Crippen MR) is 109 cm³/mol. The lowest BCUT2D eigenvalue weighted by atomic mass is 10.3. The summed E-state index contributed by atoms with van der Waals surface area (Å²) in [6.45, 7) is -0.176. The molecule has 0 radical (unpaired) electrons. The molecule has 3 rings (SSSR count). The molecule has 0 aromatic heterocycles. The van der Waals surface area contributed by atoms with E-state index in [1.54, 1.807) is 66.7 Å². The van der Waals surface area contributed by atoms with E-state index in [4.69, 9.17) is 44.3 Å². The van der Waals surface area contributed by atoms with E-state index in [9.17, 15) is 4.79 Å². The predicted octanol–water partition coefficient (Wildman–Crippen LogP) is 6.46. The molecule has 27 heavy (non-hydrogen) atoms. The minimum absolute atomic E-state index is 0.176. The summed E-state index contributed by atoms with van der Waals surface area (Å²) in [5.74, 6) is 1.39. The van der Waals surface area contributed by atoms with Crippen LogP contribution < -0.4 is 14.8 Å². The van der Waals surface area contributed by atoms with Gasteiger partial charge in [0.25, 0.3) is 5.91 Å². The highest BCUT2D eigenvalue weighted by Gasteiger charge is 2.07. The third-order valence-electron chi connectivity index (χ3n) is 3.44. The Hall–Kier alpha value is -2.40. The summed E-state index contributed by atoms with van der Waals surface area (Å²) in [5, 5.41) is 4.22. The van der Waals surface area contributed by atoms with Crippen LogP contribution in [0.25, 0.3) is 0 Å². The topological polar surface area (TPSA) is 47.6 Å². The van der Waals surface area contributed by atoms with Crippen molar-refractivity contribution in [2.24, 2.45) is 0 Å². The van der Waals surface area contributed by atoms with Crippen molar-refractivity contribution in [2.45, 2.75) is 0 Å². The molecule has 1 amide bonds. The zero-order chi connectivity index (χ0) is 19.2. The Morgan fingerprint density at radius 2 is 1.41 bits per heavy atom. The standard InChI is InChI=1S/C20H14Cl3NO3/c21-13-1-6-16(7-2-13)27-17-8-4-15(5-9-17)24-20(25)12-26-19-10-3-14(22)11-18(19)23/h1-11H,12H2,(H,24,25). The molecule has 0 aliphatic rings. The Balaban J connectivity index is 1.52. The minimum atomic E-state index is -0.313. The van der Waals surface area contributed by atoms with E-state index in [2.05, 4.69) is 5.32 Å². The number of nitrogens with one attached hydrogen (secondary N) is 1. The molecule has 138 valence electrons. The second-order valence-corrected chi connectivity index (χ2v) is 6.77. The Labute approximate surface area is 171 Å². The summed E-state index contributed by atoms with van der Waals surface area (Å²) >= 11 is 17.7. The Morgan fingerprint density at radius 1 is 0.815 bits per heavy atom. The Kier molecular flexibility index (Phi) is 6.45. The summed E-state index contributed by atoms with van der Waals surface area (Å²) < 4.78 is 11.1. The van der Waals surface area contributed by atoms with Crippen molar-refractivity contribution in [2.75, 3.05) is 11.9 Å². The lowest BCUT2D eigenvalue weighted by molar-refractivity contribution is -0.118. The number of hydrogen-bond donors (Lipinski definition) is 1. The Morgan fingerprint density at radius 3 is 2.04 bits per heavy atom. The third-order valence-corrected chi connectivity index (χ3v) is 4.22. The van der Waals surface area contributed by atoms with E-state index in [0.717, 1.165) is 0 Å². The average Bonchev–Trinajstić information content (AvgIpc) is 2.64. The number of halogens is 3. The maximum atomic E-state index is 12.0. The molecule has 0 bridgehead atoms. The van der Waals surface area contributed by atoms with Crippen LogP contribution in [-0.4, -0.2) is 12.5 Å². The lowest BCUT2D eigenvalue weighted by Gasteiger charge is -2.10. The van der Waals surface area contributed by atoms with E-state index in [-0.39, 0.29) is 12.5 Å². The molecular formula is C20H14Cl3NO3.